The summed E-state index contributed by atoms with van der Waals surface area (Å²) in [5.41, 5.74) is 2.99. The van der Waals surface area contributed by atoms with E-state index in [1.807, 2.05) is 61.5 Å². The highest BCUT2D eigenvalue weighted by atomic mass is 35.5. The Kier molecular flexibility index (Phi) is 6.85. The molecule has 0 aliphatic carbocycles. The monoisotopic (exact) mass is 443 g/mol. The molecule has 3 rings (SSSR count). The molecule has 0 spiro atoms. The van der Waals surface area contributed by atoms with Crippen LogP contribution in [0.2, 0.25) is 10.2 Å². The number of nitrogens with zero attached hydrogens (tertiary/aromatic N) is 2. The normalized spacial score (nSPS) is 11.8. The van der Waals surface area contributed by atoms with Gasteiger partial charge in [0, 0.05) is 26.2 Å². The van der Waals surface area contributed by atoms with Crippen molar-refractivity contribution >= 4 is 40.7 Å². The van der Waals surface area contributed by atoms with Gasteiger partial charge >= 0.3 is 0 Å². The molecule has 7 heteroatoms. The van der Waals surface area contributed by atoms with Crippen molar-refractivity contribution in [2.24, 2.45) is 7.05 Å². The number of nitrogens with one attached hydrogen (secondary N) is 1. The number of halogens is 2. The van der Waals surface area contributed by atoms with E-state index in [0.29, 0.717) is 28.1 Å². The third-order valence-corrected chi connectivity index (χ3v) is 5.79. The van der Waals surface area contributed by atoms with E-state index in [1.54, 1.807) is 22.6 Å². The number of hydrogen-bond acceptors (Lipinski definition) is 2. The highest BCUT2D eigenvalue weighted by Gasteiger charge is 2.26. The molecule has 5 nitrogen and oxygen atoms in total. The Hall–Kier alpha value is -2.76. The van der Waals surface area contributed by atoms with Crippen LogP contribution < -0.4 is 5.32 Å². The van der Waals surface area contributed by atoms with Crippen LogP contribution in [-0.2, 0) is 18.4 Å². The number of aromatic nitrogens is 1. The van der Waals surface area contributed by atoms with Crippen LogP contribution in [0.1, 0.15) is 41.5 Å². The smallest absolute Gasteiger partial charge is 0.271 e. The second kappa shape index (κ2) is 9.37. The van der Waals surface area contributed by atoms with Gasteiger partial charge in [0.25, 0.3) is 5.91 Å². The fraction of sp³-hybridized carbons (Fsp3) is 0.217. The molecule has 1 aromatic heterocycles. The molecule has 2 aromatic carbocycles. The summed E-state index contributed by atoms with van der Waals surface area (Å²) >= 11 is 12.3. The van der Waals surface area contributed by atoms with Gasteiger partial charge in [0.2, 0.25) is 5.91 Å². The van der Waals surface area contributed by atoms with Gasteiger partial charge in [-0.05, 0) is 36.2 Å². The molecule has 0 radical (unpaired) electrons. The second-order valence-corrected chi connectivity index (χ2v) is 7.89. The summed E-state index contributed by atoms with van der Waals surface area (Å²) in [5, 5.41) is 3.44. The van der Waals surface area contributed by atoms with Gasteiger partial charge in [-0.2, -0.15) is 0 Å². The molecular weight excluding hydrogens is 421 g/mol. The molecule has 1 atom stereocenters. The van der Waals surface area contributed by atoms with Crippen molar-refractivity contribution in [1.29, 1.82) is 0 Å². The van der Waals surface area contributed by atoms with Crippen LogP contribution in [-0.4, -0.2) is 21.3 Å². The van der Waals surface area contributed by atoms with Gasteiger partial charge < -0.3 is 14.8 Å². The second-order valence-electron chi connectivity index (χ2n) is 7.13. The largest absolute Gasteiger partial charge is 0.329 e. The van der Waals surface area contributed by atoms with E-state index in [2.05, 4.69) is 5.32 Å². The van der Waals surface area contributed by atoms with Crippen molar-refractivity contribution < 1.29 is 9.59 Å². The predicted molar refractivity (Wildman–Crippen MR) is 121 cm³/mol. The summed E-state index contributed by atoms with van der Waals surface area (Å²) in [7, 11) is 1.71. The first-order valence-electron chi connectivity index (χ1n) is 9.51. The standard InChI is InChI=1S/C23H23Cl2N3O2/c1-15(18-10-7-11-19(12-18)26-16(2)29)28(14-17-8-5-4-6-9-17)23(30)21-13-20(24)22(25)27(21)3/h4-13,15H,14H2,1-3H3,(H,26,29). The third-order valence-electron chi connectivity index (χ3n) is 4.95. The molecule has 0 saturated heterocycles. The fourth-order valence-corrected chi connectivity index (χ4v) is 3.69. The van der Waals surface area contributed by atoms with E-state index in [0.717, 1.165) is 11.1 Å². The Morgan fingerprint density at radius 2 is 1.77 bits per heavy atom. The average molecular weight is 444 g/mol. The van der Waals surface area contributed by atoms with Crippen molar-refractivity contribution in [3.05, 3.63) is 87.7 Å². The summed E-state index contributed by atoms with van der Waals surface area (Å²) < 4.78 is 1.59. The Morgan fingerprint density at radius 3 is 2.37 bits per heavy atom. The van der Waals surface area contributed by atoms with Crippen LogP contribution in [0, 0.1) is 0 Å². The molecule has 0 aliphatic heterocycles. The number of carbonyl (C=O) groups excluding carboxylic acids is 2. The van der Waals surface area contributed by atoms with Crippen LogP contribution in [0.3, 0.4) is 0 Å². The van der Waals surface area contributed by atoms with Gasteiger partial charge in [-0.1, -0.05) is 65.7 Å². The van der Waals surface area contributed by atoms with Crippen LogP contribution in [0.5, 0.6) is 0 Å². The molecule has 1 N–H and O–H groups in total. The van der Waals surface area contributed by atoms with Crippen molar-refractivity contribution in [2.75, 3.05) is 5.32 Å². The summed E-state index contributed by atoms with van der Waals surface area (Å²) in [6.07, 6.45) is 0. The number of hydrogen-bond donors (Lipinski definition) is 1. The zero-order valence-electron chi connectivity index (χ0n) is 17.0. The lowest BCUT2D eigenvalue weighted by Gasteiger charge is -2.30. The van der Waals surface area contributed by atoms with Gasteiger partial charge in [-0.25, -0.2) is 0 Å². The molecule has 156 valence electrons. The van der Waals surface area contributed by atoms with Crippen LogP contribution in [0.25, 0.3) is 0 Å². The highest BCUT2D eigenvalue weighted by Crippen LogP contribution is 2.30. The van der Waals surface area contributed by atoms with Gasteiger partial charge in [-0.3, -0.25) is 9.59 Å². The lowest BCUT2D eigenvalue weighted by molar-refractivity contribution is -0.114. The quantitative estimate of drug-likeness (QED) is 0.531. The lowest BCUT2D eigenvalue weighted by atomic mass is 10.0. The maximum atomic E-state index is 13.5. The maximum Gasteiger partial charge on any atom is 0.271 e. The predicted octanol–water partition coefficient (Wildman–Crippen LogP) is 5.69. The molecular formula is C23H23Cl2N3O2. The van der Waals surface area contributed by atoms with Crippen molar-refractivity contribution in [2.45, 2.75) is 26.4 Å². The number of amides is 2. The molecule has 0 aliphatic rings. The van der Waals surface area contributed by atoms with E-state index in [9.17, 15) is 9.59 Å². The van der Waals surface area contributed by atoms with Gasteiger partial charge in [0.05, 0.1) is 11.1 Å². The van der Waals surface area contributed by atoms with Crippen LogP contribution >= 0.6 is 23.2 Å². The van der Waals surface area contributed by atoms with Crippen molar-refractivity contribution in [1.82, 2.24) is 9.47 Å². The molecule has 2 amide bonds. The first kappa shape index (κ1) is 21.9. The highest BCUT2D eigenvalue weighted by molar-refractivity contribution is 6.41. The van der Waals surface area contributed by atoms with Crippen molar-refractivity contribution in [3.63, 3.8) is 0 Å². The van der Waals surface area contributed by atoms with Crippen LogP contribution in [0.15, 0.2) is 60.7 Å². The Labute approximate surface area is 186 Å². The Morgan fingerprint density at radius 1 is 1.07 bits per heavy atom. The Bertz CT molecular complexity index is 1060. The molecule has 0 bridgehead atoms. The first-order chi connectivity index (χ1) is 14.3. The Balaban J connectivity index is 1.99. The average Bonchev–Trinajstić information content (AvgIpc) is 2.99. The van der Waals surface area contributed by atoms with E-state index in [4.69, 9.17) is 23.2 Å². The van der Waals surface area contributed by atoms with Crippen LogP contribution in [0.4, 0.5) is 5.69 Å². The van der Waals surface area contributed by atoms with Gasteiger partial charge in [-0.15, -0.1) is 0 Å². The molecule has 30 heavy (non-hydrogen) atoms. The van der Waals surface area contributed by atoms with Gasteiger partial charge in [0.15, 0.2) is 0 Å². The molecule has 0 saturated carbocycles. The zero-order valence-corrected chi connectivity index (χ0v) is 18.5. The third kappa shape index (κ3) is 4.86. The number of carbonyl (C=O) groups is 2. The SMILES string of the molecule is CC(=O)Nc1cccc(C(C)N(Cc2ccccc2)C(=O)c2cc(Cl)c(Cl)n2C)c1. The number of benzene rings is 2. The van der Waals surface area contributed by atoms with Gasteiger partial charge in [0.1, 0.15) is 10.8 Å². The maximum absolute atomic E-state index is 13.5. The number of anilines is 1. The minimum Gasteiger partial charge on any atom is -0.329 e. The molecule has 0 fully saturated rings. The van der Waals surface area contributed by atoms with E-state index in [-0.39, 0.29) is 17.9 Å². The molecule has 3 aromatic rings. The number of rotatable bonds is 6. The first-order valence-corrected chi connectivity index (χ1v) is 10.3. The topological polar surface area (TPSA) is 54.3 Å². The van der Waals surface area contributed by atoms with E-state index >= 15 is 0 Å². The van der Waals surface area contributed by atoms with Crippen molar-refractivity contribution in [3.8, 4) is 0 Å². The summed E-state index contributed by atoms with van der Waals surface area (Å²) in [5.74, 6) is -0.335. The summed E-state index contributed by atoms with van der Waals surface area (Å²) in [6.45, 7) is 3.83. The lowest BCUT2D eigenvalue weighted by Crippen LogP contribution is -2.34. The van der Waals surface area contributed by atoms with E-state index < -0.39 is 0 Å². The molecule has 1 unspecified atom stereocenters. The minimum absolute atomic E-state index is 0.148. The summed E-state index contributed by atoms with van der Waals surface area (Å²) in [6, 6.07) is 18.6. The zero-order chi connectivity index (χ0) is 21.8. The fourth-order valence-electron chi connectivity index (χ4n) is 3.32. The van der Waals surface area contributed by atoms with E-state index in [1.165, 1.54) is 6.92 Å². The minimum atomic E-state index is -0.265. The summed E-state index contributed by atoms with van der Waals surface area (Å²) in [4.78, 5) is 26.7. The molecule has 1 heterocycles.